The van der Waals surface area contributed by atoms with Gasteiger partial charge in [0.05, 0.1) is 21.4 Å². The molecule has 0 aliphatic heterocycles. The molecule has 0 aliphatic carbocycles. The van der Waals surface area contributed by atoms with Gasteiger partial charge in [-0.1, -0.05) is 28.4 Å². The Morgan fingerprint density at radius 3 is 2.25 bits per heavy atom. The number of nitrogens with zero attached hydrogens (tertiary/aromatic N) is 1. The average Bonchev–Trinajstić information content (AvgIpc) is 2.66. The fourth-order valence-corrected chi connectivity index (χ4v) is 3.57. The second-order valence-electron chi connectivity index (χ2n) is 4.11. The Kier molecular flexibility index (Phi) is 3.86. The molecule has 2 rings (SSSR count). The van der Waals surface area contributed by atoms with Crippen LogP contribution in [0.3, 0.4) is 0 Å². The summed E-state index contributed by atoms with van der Waals surface area (Å²) in [5, 5.41) is 3.93. The van der Waals surface area contributed by atoms with Gasteiger partial charge in [0.2, 0.25) is 0 Å². The molecule has 20 heavy (non-hydrogen) atoms. The highest BCUT2D eigenvalue weighted by Crippen LogP contribution is 2.32. The predicted molar refractivity (Wildman–Crippen MR) is 77.7 cm³/mol. The summed E-state index contributed by atoms with van der Waals surface area (Å²) in [4.78, 5) is -0.0124. The van der Waals surface area contributed by atoms with Crippen LogP contribution in [-0.2, 0) is 10.0 Å². The first-order chi connectivity index (χ1) is 9.22. The van der Waals surface area contributed by atoms with Gasteiger partial charge in [0, 0.05) is 0 Å². The van der Waals surface area contributed by atoms with Crippen molar-refractivity contribution in [1.29, 1.82) is 0 Å². The number of anilines is 2. The Hall–Kier alpha value is -1.44. The Morgan fingerprint density at radius 1 is 1.25 bits per heavy atom. The molecule has 0 fully saturated rings. The van der Waals surface area contributed by atoms with Crippen LogP contribution in [0.25, 0.3) is 0 Å². The van der Waals surface area contributed by atoms with Gasteiger partial charge in [-0.25, -0.2) is 8.42 Å². The summed E-state index contributed by atoms with van der Waals surface area (Å²) in [7, 11) is -3.84. The summed E-state index contributed by atoms with van der Waals surface area (Å²) >= 11 is 11.7. The van der Waals surface area contributed by atoms with E-state index in [4.69, 9.17) is 33.5 Å². The number of aromatic nitrogens is 1. The van der Waals surface area contributed by atoms with E-state index >= 15 is 0 Å². The maximum atomic E-state index is 12.3. The fraction of sp³-hybridized carbons (Fsp3) is 0.182. The lowest BCUT2D eigenvalue weighted by molar-refractivity contribution is 0.390. The first-order valence-corrected chi connectivity index (χ1v) is 7.66. The topological polar surface area (TPSA) is 98.2 Å². The lowest BCUT2D eigenvalue weighted by atomic mass is 10.3. The molecule has 0 bridgehead atoms. The minimum Gasteiger partial charge on any atom is -0.396 e. The van der Waals surface area contributed by atoms with Crippen LogP contribution in [0.15, 0.2) is 21.6 Å². The molecule has 2 aromatic rings. The summed E-state index contributed by atoms with van der Waals surface area (Å²) in [5.74, 6) is 0.197. The van der Waals surface area contributed by atoms with Crippen molar-refractivity contribution in [2.45, 2.75) is 18.7 Å². The van der Waals surface area contributed by atoms with Crippen molar-refractivity contribution in [3.63, 3.8) is 0 Å². The van der Waals surface area contributed by atoms with Crippen molar-refractivity contribution < 1.29 is 12.9 Å². The van der Waals surface area contributed by atoms with Crippen molar-refractivity contribution in [2.24, 2.45) is 0 Å². The first-order valence-electron chi connectivity index (χ1n) is 5.42. The van der Waals surface area contributed by atoms with Gasteiger partial charge in [-0.15, -0.1) is 0 Å². The van der Waals surface area contributed by atoms with Gasteiger partial charge in [-0.05, 0) is 26.0 Å². The van der Waals surface area contributed by atoms with Gasteiger partial charge in [-0.2, -0.15) is 0 Å². The molecule has 6 nitrogen and oxygen atoms in total. The van der Waals surface area contributed by atoms with Crippen molar-refractivity contribution >= 4 is 44.6 Å². The Morgan fingerprint density at radius 2 is 1.80 bits per heavy atom. The quantitative estimate of drug-likeness (QED) is 0.840. The van der Waals surface area contributed by atoms with Gasteiger partial charge in [0.25, 0.3) is 10.0 Å². The average molecular weight is 336 g/mol. The zero-order chi connectivity index (χ0) is 15.1. The van der Waals surface area contributed by atoms with E-state index in [-0.39, 0.29) is 37.8 Å². The molecular formula is C11H11Cl2N3O3S. The number of nitrogens with two attached hydrogens (primary N) is 1. The summed E-state index contributed by atoms with van der Waals surface area (Å²) in [6.45, 7) is 3.05. The van der Waals surface area contributed by atoms with Crippen LogP contribution in [0.4, 0.5) is 11.4 Å². The van der Waals surface area contributed by atoms with Crippen LogP contribution < -0.4 is 10.5 Å². The number of halogens is 2. The van der Waals surface area contributed by atoms with Crippen LogP contribution in [0, 0.1) is 13.8 Å². The number of sulfonamides is 1. The van der Waals surface area contributed by atoms with E-state index in [9.17, 15) is 8.42 Å². The molecule has 1 aromatic heterocycles. The molecule has 108 valence electrons. The minimum absolute atomic E-state index is 0.0124. The molecule has 0 saturated heterocycles. The number of nitrogen functional groups attached to an aromatic ring is 1. The Balaban J connectivity index is 2.44. The van der Waals surface area contributed by atoms with Crippen LogP contribution in [0.1, 0.15) is 11.5 Å². The highest BCUT2D eigenvalue weighted by atomic mass is 35.5. The molecule has 1 heterocycles. The van der Waals surface area contributed by atoms with Crippen LogP contribution in [0.5, 0.6) is 0 Å². The third-order valence-electron chi connectivity index (χ3n) is 2.57. The predicted octanol–water partition coefficient (Wildman–Crippen LogP) is 2.98. The SMILES string of the molecule is Cc1noc(C)c1S(=O)(=O)Nc1cc(Cl)c(N)c(Cl)c1. The highest BCUT2D eigenvalue weighted by Gasteiger charge is 2.24. The van der Waals surface area contributed by atoms with E-state index in [2.05, 4.69) is 9.88 Å². The smallest absolute Gasteiger partial charge is 0.267 e. The second kappa shape index (κ2) is 5.16. The molecule has 0 radical (unpaired) electrons. The highest BCUT2D eigenvalue weighted by molar-refractivity contribution is 7.92. The van der Waals surface area contributed by atoms with Gasteiger partial charge < -0.3 is 10.3 Å². The van der Waals surface area contributed by atoms with Crippen molar-refractivity contribution in [3.05, 3.63) is 33.6 Å². The van der Waals surface area contributed by atoms with Crippen molar-refractivity contribution in [3.8, 4) is 0 Å². The van der Waals surface area contributed by atoms with E-state index < -0.39 is 10.0 Å². The van der Waals surface area contributed by atoms with E-state index in [1.54, 1.807) is 0 Å². The number of nitrogens with one attached hydrogen (secondary N) is 1. The molecule has 1 aromatic carbocycles. The first kappa shape index (κ1) is 15.0. The molecule has 0 saturated carbocycles. The molecule has 0 aliphatic rings. The molecule has 3 N–H and O–H groups in total. The lowest BCUT2D eigenvalue weighted by Crippen LogP contribution is -2.14. The molecular weight excluding hydrogens is 325 g/mol. The number of hydrogen-bond acceptors (Lipinski definition) is 5. The maximum Gasteiger partial charge on any atom is 0.267 e. The monoisotopic (exact) mass is 335 g/mol. The Labute approximate surface area is 125 Å². The third kappa shape index (κ3) is 2.70. The summed E-state index contributed by atoms with van der Waals surface area (Å²) in [5.41, 5.74) is 6.25. The molecule has 9 heteroatoms. The fourth-order valence-electron chi connectivity index (χ4n) is 1.71. The summed E-state index contributed by atoms with van der Waals surface area (Å²) < 4.78 is 31.8. The number of hydrogen-bond donors (Lipinski definition) is 2. The normalized spacial score (nSPS) is 11.6. The number of benzene rings is 1. The minimum atomic E-state index is -3.84. The maximum absolute atomic E-state index is 12.3. The zero-order valence-corrected chi connectivity index (χ0v) is 12.9. The van der Waals surface area contributed by atoms with E-state index in [1.165, 1.54) is 26.0 Å². The van der Waals surface area contributed by atoms with Crippen molar-refractivity contribution in [1.82, 2.24) is 5.16 Å². The zero-order valence-electron chi connectivity index (χ0n) is 10.6. The Bertz CT molecular complexity index is 729. The van der Waals surface area contributed by atoms with Gasteiger partial charge in [0.15, 0.2) is 10.7 Å². The van der Waals surface area contributed by atoms with Crippen molar-refractivity contribution in [2.75, 3.05) is 10.5 Å². The molecule has 0 spiro atoms. The van der Waals surface area contributed by atoms with E-state index in [1.807, 2.05) is 0 Å². The molecule has 0 unspecified atom stereocenters. The van der Waals surface area contributed by atoms with E-state index in [0.717, 1.165) is 0 Å². The standard InChI is InChI=1S/C11H11Cl2N3O3S/c1-5-11(6(2)19-15-5)20(17,18)16-7-3-8(12)10(14)9(13)4-7/h3-4,16H,14H2,1-2H3. The lowest BCUT2D eigenvalue weighted by Gasteiger charge is -2.10. The molecule has 0 amide bonds. The number of aryl methyl sites for hydroxylation is 2. The van der Waals surface area contributed by atoms with E-state index in [0.29, 0.717) is 0 Å². The van der Waals surface area contributed by atoms with Gasteiger partial charge >= 0.3 is 0 Å². The molecule has 0 atom stereocenters. The van der Waals surface area contributed by atoms with Gasteiger partial charge in [0.1, 0.15) is 5.69 Å². The third-order valence-corrected chi connectivity index (χ3v) is 4.82. The largest absolute Gasteiger partial charge is 0.396 e. The van der Waals surface area contributed by atoms with Crippen LogP contribution in [0.2, 0.25) is 10.0 Å². The summed E-state index contributed by atoms with van der Waals surface area (Å²) in [6, 6.07) is 2.75. The second-order valence-corrected chi connectivity index (χ2v) is 6.55. The number of rotatable bonds is 3. The summed E-state index contributed by atoms with van der Waals surface area (Å²) in [6.07, 6.45) is 0. The van der Waals surface area contributed by atoms with Crippen LogP contribution in [-0.4, -0.2) is 13.6 Å². The van der Waals surface area contributed by atoms with Gasteiger partial charge in [-0.3, -0.25) is 4.72 Å². The van der Waals surface area contributed by atoms with Crippen LogP contribution >= 0.6 is 23.2 Å².